The van der Waals surface area contributed by atoms with Gasteiger partial charge in [0.2, 0.25) is 0 Å². The Morgan fingerprint density at radius 3 is 2.75 bits per heavy atom. The van der Waals surface area contributed by atoms with Gasteiger partial charge in [0.25, 0.3) is 11.9 Å². The third-order valence-corrected chi connectivity index (χ3v) is 2.12. The van der Waals surface area contributed by atoms with E-state index < -0.39 is 0 Å². The van der Waals surface area contributed by atoms with Gasteiger partial charge in [-0.15, -0.1) is 5.10 Å². The number of nitrogens with one attached hydrogen (secondary N) is 1. The van der Waals surface area contributed by atoms with Crippen LogP contribution < -0.4 is 5.32 Å². The summed E-state index contributed by atoms with van der Waals surface area (Å²) in [5, 5.41) is 13.8. The Bertz CT molecular complexity index is 519. The van der Waals surface area contributed by atoms with E-state index in [1.807, 2.05) is 25.1 Å². The summed E-state index contributed by atoms with van der Waals surface area (Å²) in [5.41, 5.74) is 1.51. The molecule has 1 heterocycles. The fraction of sp³-hybridized carbons (Fsp3) is 0.200. The molecule has 2 rings (SSSR count). The van der Waals surface area contributed by atoms with E-state index in [1.54, 1.807) is 13.1 Å². The molecule has 82 valence electrons. The molecule has 0 aliphatic carbocycles. The molecule has 6 heteroatoms. The molecule has 1 amide bonds. The number of carbonyl (C=O) groups excluding carboxylic acids is 1. The Morgan fingerprint density at radius 2 is 2.12 bits per heavy atom. The number of aromatic nitrogens is 4. The van der Waals surface area contributed by atoms with Crippen molar-refractivity contribution >= 4 is 11.9 Å². The van der Waals surface area contributed by atoms with Crippen LogP contribution in [0.4, 0.5) is 5.95 Å². The van der Waals surface area contributed by atoms with Crippen molar-refractivity contribution < 1.29 is 4.79 Å². The first-order valence-electron chi connectivity index (χ1n) is 4.78. The van der Waals surface area contributed by atoms with Gasteiger partial charge >= 0.3 is 0 Å². The first-order chi connectivity index (χ1) is 7.66. The van der Waals surface area contributed by atoms with Crippen molar-refractivity contribution in [2.45, 2.75) is 6.92 Å². The molecule has 0 fully saturated rings. The average molecular weight is 217 g/mol. The summed E-state index contributed by atoms with van der Waals surface area (Å²) >= 11 is 0. The topological polar surface area (TPSA) is 72.7 Å². The van der Waals surface area contributed by atoms with Gasteiger partial charge < -0.3 is 0 Å². The van der Waals surface area contributed by atoms with Crippen LogP contribution >= 0.6 is 0 Å². The van der Waals surface area contributed by atoms with Crippen LogP contribution in [0.5, 0.6) is 0 Å². The summed E-state index contributed by atoms with van der Waals surface area (Å²) in [5.74, 6) is -0.0261. The highest BCUT2D eigenvalue weighted by molar-refractivity contribution is 6.04. The molecule has 0 saturated heterocycles. The van der Waals surface area contributed by atoms with Crippen molar-refractivity contribution in [1.82, 2.24) is 20.2 Å². The van der Waals surface area contributed by atoms with Gasteiger partial charge in [-0.3, -0.25) is 10.1 Å². The second kappa shape index (κ2) is 4.09. The number of anilines is 1. The van der Waals surface area contributed by atoms with Crippen molar-refractivity contribution in [3.05, 3.63) is 35.4 Å². The molecule has 2 aromatic rings. The van der Waals surface area contributed by atoms with Gasteiger partial charge in [0.1, 0.15) is 0 Å². The molecule has 1 N–H and O–H groups in total. The fourth-order valence-corrected chi connectivity index (χ4v) is 1.33. The van der Waals surface area contributed by atoms with Crippen molar-refractivity contribution in [2.75, 3.05) is 5.32 Å². The highest BCUT2D eigenvalue weighted by Gasteiger charge is 2.10. The number of rotatable bonds is 2. The lowest BCUT2D eigenvalue weighted by Crippen LogP contribution is -2.14. The smallest absolute Gasteiger partial charge is 0.270 e. The van der Waals surface area contributed by atoms with Gasteiger partial charge in [-0.05, 0) is 23.8 Å². The van der Waals surface area contributed by atoms with Crippen LogP contribution in [0.1, 0.15) is 15.9 Å². The predicted octanol–water partition coefficient (Wildman–Crippen LogP) is 0.771. The highest BCUT2D eigenvalue weighted by Crippen LogP contribution is 2.08. The lowest BCUT2D eigenvalue weighted by Gasteiger charge is -2.03. The van der Waals surface area contributed by atoms with Crippen LogP contribution in [0.2, 0.25) is 0 Å². The monoisotopic (exact) mass is 217 g/mol. The van der Waals surface area contributed by atoms with E-state index in [2.05, 4.69) is 20.7 Å². The fourth-order valence-electron chi connectivity index (χ4n) is 1.33. The Morgan fingerprint density at radius 1 is 1.38 bits per heavy atom. The van der Waals surface area contributed by atoms with Crippen LogP contribution in [0.15, 0.2) is 24.3 Å². The number of aryl methyl sites for hydroxylation is 2. The van der Waals surface area contributed by atoms with Crippen molar-refractivity contribution in [3.63, 3.8) is 0 Å². The predicted molar refractivity (Wildman–Crippen MR) is 57.9 cm³/mol. The van der Waals surface area contributed by atoms with E-state index in [0.717, 1.165) is 5.56 Å². The molecule has 0 aliphatic rings. The molecule has 1 aromatic carbocycles. The van der Waals surface area contributed by atoms with Crippen molar-refractivity contribution in [1.29, 1.82) is 0 Å². The molecule has 16 heavy (non-hydrogen) atoms. The maximum absolute atomic E-state index is 11.8. The molecule has 6 nitrogen and oxygen atoms in total. The van der Waals surface area contributed by atoms with Crippen LogP contribution in [0.3, 0.4) is 0 Å². The number of tetrazole rings is 1. The molecule has 0 radical (unpaired) electrons. The van der Waals surface area contributed by atoms with Gasteiger partial charge in [0.05, 0.1) is 7.05 Å². The number of amides is 1. The van der Waals surface area contributed by atoms with E-state index in [9.17, 15) is 4.79 Å². The summed E-state index contributed by atoms with van der Waals surface area (Å²) < 4.78 is 0. The van der Waals surface area contributed by atoms with Gasteiger partial charge in [0, 0.05) is 5.56 Å². The van der Waals surface area contributed by atoms with Gasteiger partial charge in [0.15, 0.2) is 0 Å². The maximum atomic E-state index is 11.8. The molecule has 0 bridgehead atoms. The minimum Gasteiger partial charge on any atom is -0.288 e. The maximum Gasteiger partial charge on any atom is 0.270 e. The van der Waals surface area contributed by atoms with Gasteiger partial charge in [-0.2, -0.15) is 4.80 Å². The Kier molecular flexibility index (Phi) is 2.63. The van der Waals surface area contributed by atoms with E-state index >= 15 is 0 Å². The molecular weight excluding hydrogens is 206 g/mol. The Hall–Kier alpha value is -2.24. The number of carbonyl (C=O) groups is 1. The largest absolute Gasteiger partial charge is 0.288 e. The van der Waals surface area contributed by atoms with E-state index in [0.29, 0.717) is 5.56 Å². The third kappa shape index (κ3) is 2.05. The lowest BCUT2D eigenvalue weighted by molar-refractivity contribution is 0.102. The number of benzene rings is 1. The van der Waals surface area contributed by atoms with Crippen molar-refractivity contribution in [2.24, 2.45) is 7.05 Å². The van der Waals surface area contributed by atoms with Crippen LogP contribution in [0, 0.1) is 6.92 Å². The first-order valence-corrected chi connectivity index (χ1v) is 4.78. The zero-order valence-corrected chi connectivity index (χ0v) is 9.01. The third-order valence-electron chi connectivity index (χ3n) is 2.12. The lowest BCUT2D eigenvalue weighted by atomic mass is 10.1. The summed E-state index contributed by atoms with van der Waals surface area (Å²) in [6.45, 7) is 1.87. The normalized spacial score (nSPS) is 10.1. The van der Waals surface area contributed by atoms with E-state index in [4.69, 9.17) is 0 Å². The average Bonchev–Trinajstić information content (AvgIpc) is 2.64. The van der Waals surface area contributed by atoms with Crippen LogP contribution in [-0.2, 0) is 7.05 Å². The summed E-state index contributed by atoms with van der Waals surface area (Å²) in [6.07, 6.45) is 0. The highest BCUT2D eigenvalue weighted by atomic mass is 16.1. The van der Waals surface area contributed by atoms with Crippen molar-refractivity contribution in [3.8, 4) is 0 Å². The van der Waals surface area contributed by atoms with E-state index in [-0.39, 0.29) is 11.9 Å². The standard InChI is InChI=1S/C10H11N5O/c1-7-5-3-4-6-8(7)9(16)11-10-12-14-15(2)13-10/h3-6H,1-2H3,(H,11,13,16). The molecule has 0 atom stereocenters. The molecule has 0 unspecified atom stereocenters. The van der Waals surface area contributed by atoms with Crippen LogP contribution in [-0.4, -0.2) is 26.1 Å². The molecular formula is C10H11N5O. The Balaban J connectivity index is 2.18. The Labute approximate surface area is 92.3 Å². The molecule has 0 spiro atoms. The molecule has 0 saturated carbocycles. The number of nitrogens with zero attached hydrogens (tertiary/aromatic N) is 4. The zero-order valence-electron chi connectivity index (χ0n) is 9.01. The van der Waals surface area contributed by atoms with Gasteiger partial charge in [-0.1, -0.05) is 23.3 Å². The zero-order chi connectivity index (χ0) is 11.5. The number of hydrogen-bond donors (Lipinski definition) is 1. The second-order valence-corrected chi connectivity index (χ2v) is 3.37. The minimum absolute atomic E-state index is 0.204. The van der Waals surface area contributed by atoms with Crippen LogP contribution in [0.25, 0.3) is 0 Å². The minimum atomic E-state index is -0.230. The number of hydrogen-bond acceptors (Lipinski definition) is 4. The first kappa shape index (κ1) is 10.3. The summed E-state index contributed by atoms with van der Waals surface area (Å²) in [4.78, 5) is 13.1. The summed E-state index contributed by atoms with van der Waals surface area (Å²) in [6, 6.07) is 7.32. The summed E-state index contributed by atoms with van der Waals surface area (Å²) in [7, 11) is 1.64. The van der Waals surface area contributed by atoms with E-state index in [1.165, 1.54) is 4.80 Å². The quantitative estimate of drug-likeness (QED) is 0.806. The molecule has 0 aliphatic heterocycles. The molecule has 1 aromatic heterocycles. The van der Waals surface area contributed by atoms with Gasteiger partial charge in [-0.25, -0.2) is 0 Å². The second-order valence-electron chi connectivity index (χ2n) is 3.37. The SMILES string of the molecule is Cc1ccccc1C(=O)Nc1nnn(C)n1.